The minimum Gasteiger partial charge on any atom is -0.396 e. The van der Waals surface area contributed by atoms with Gasteiger partial charge in [0.25, 0.3) is 0 Å². The van der Waals surface area contributed by atoms with Gasteiger partial charge in [-0.1, -0.05) is 51.9 Å². The van der Waals surface area contributed by atoms with Crippen LogP contribution in [-0.4, -0.2) is 11.5 Å². The summed E-state index contributed by atoms with van der Waals surface area (Å²) in [4.78, 5) is 4.26. The zero-order valence-electron chi connectivity index (χ0n) is 11.9. The van der Waals surface area contributed by atoms with Gasteiger partial charge in [0.1, 0.15) is 5.82 Å². The van der Waals surface area contributed by atoms with Gasteiger partial charge in [0.15, 0.2) is 0 Å². The zero-order valence-corrected chi connectivity index (χ0v) is 13.5. The van der Waals surface area contributed by atoms with Crippen LogP contribution in [0.5, 0.6) is 0 Å². The predicted molar refractivity (Wildman–Crippen MR) is 87.4 cm³/mol. The van der Waals surface area contributed by atoms with E-state index in [-0.39, 0.29) is 0 Å². The molecule has 4 heteroatoms. The predicted octanol–water partition coefficient (Wildman–Crippen LogP) is 4.98. The van der Waals surface area contributed by atoms with Crippen molar-refractivity contribution in [3.8, 4) is 0 Å². The van der Waals surface area contributed by atoms with Gasteiger partial charge < -0.3 is 11.1 Å². The van der Waals surface area contributed by atoms with E-state index in [2.05, 4.69) is 33.2 Å². The maximum absolute atomic E-state index is 5.88. The Morgan fingerprint density at radius 1 is 1.11 bits per heavy atom. The van der Waals surface area contributed by atoms with Crippen LogP contribution in [0.3, 0.4) is 0 Å². The first-order valence-corrected chi connectivity index (χ1v) is 8.18. The third kappa shape index (κ3) is 7.41. The lowest BCUT2D eigenvalue weighted by Crippen LogP contribution is -2.06. The highest BCUT2D eigenvalue weighted by Gasteiger charge is 2.00. The molecule has 0 aliphatic carbocycles. The Morgan fingerprint density at radius 2 is 1.74 bits per heavy atom. The summed E-state index contributed by atoms with van der Waals surface area (Å²) in [5.74, 6) is 0.797. The number of aromatic nitrogens is 1. The average molecular weight is 328 g/mol. The van der Waals surface area contributed by atoms with Crippen LogP contribution in [0.25, 0.3) is 0 Å². The molecule has 3 N–H and O–H groups in total. The highest BCUT2D eigenvalue weighted by molar-refractivity contribution is 9.10. The van der Waals surface area contributed by atoms with E-state index in [1.54, 1.807) is 6.20 Å². The van der Waals surface area contributed by atoms with Crippen LogP contribution in [0, 0.1) is 0 Å². The molecule has 0 saturated carbocycles. The Morgan fingerprint density at radius 3 is 2.37 bits per heavy atom. The van der Waals surface area contributed by atoms with E-state index < -0.39 is 0 Å². The molecule has 0 bridgehead atoms. The summed E-state index contributed by atoms with van der Waals surface area (Å²) in [5, 5.41) is 3.29. The fourth-order valence-electron chi connectivity index (χ4n) is 2.07. The SMILES string of the molecule is CCCCCCCCCCNc1ncc(Br)cc1N. The first-order valence-electron chi connectivity index (χ1n) is 7.39. The number of anilines is 2. The van der Waals surface area contributed by atoms with Gasteiger partial charge in [-0.25, -0.2) is 4.98 Å². The highest BCUT2D eigenvalue weighted by atomic mass is 79.9. The Kier molecular flexibility index (Phi) is 8.63. The molecular formula is C15H26BrN3. The zero-order chi connectivity index (χ0) is 13.9. The van der Waals surface area contributed by atoms with Crippen molar-refractivity contribution < 1.29 is 0 Å². The maximum Gasteiger partial charge on any atom is 0.149 e. The van der Waals surface area contributed by atoms with Crippen LogP contribution in [0.2, 0.25) is 0 Å². The number of pyridine rings is 1. The van der Waals surface area contributed by atoms with E-state index in [1.165, 1.54) is 51.4 Å². The summed E-state index contributed by atoms with van der Waals surface area (Å²) in [5.41, 5.74) is 6.58. The van der Waals surface area contributed by atoms with Crippen molar-refractivity contribution in [1.29, 1.82) is 0 Å². The minimum atomic E-state index is 0.703. The lowest BCUT2D eigenvalue weighted by Gasteiger charge is -2.08. The first-order chi connectivity index (χ1) is 9.24. The normalized spacial score (nSPS) is 10.6. The van der Waals surface area contributed by atoms with Gasteiger partial charge in [0.2, 0.25) is 0 Å². The minimum absolute atomic E-state index is 0.703. The summed E-state index contributed by atoms with van der Waals surface area (Å²) < 4.78 is 0.919. The monoisotopic (exact) mass is 327 g/mol. The van der Waals surface area contributed by atoms with Crippen molar-refractivity contribution in [1.82, 2.24) is 4.98 Å². The first kappa shape index (κ1) is 16.3. The second-order valence-electron chi connectivity index (χ2n) is 4.99. The molecule has 19 heavy (non-hydrogen) atoms. The van der Waals surface area contributed by atoms with Gasteiger partial charge in [-0.2, -0.15) is 0 Å². The van der Waals surface area contributed by atoms with Crippen LogP contribution in [0.1, 0.15) is 58.3 Å². The van der Waals surface area contributed by atoms with Gasteiger partial charge >= 0.3 is 0 Å². The molecule has 1 rings (SSSR count). The van der Waals surface area contributed by atoms with Crippen molar-refractivity contribution >= 4 is 27.4 Å². The Labute approximate surface area is 125 Å². The van der Waals surface area contributed by atoms with Crippen LogP contribution in [-0.2, 0) is 0 Å². The van der Waals surface area contributed by atoms with Crippen molar-refractivity contribution in [2.24, 2.45) is 0 Å². The molecule has 0 saturated heterocycles. The molecule has 0 unspecified atom stereocenters. The van der Waals surface area contributed by atoms with E-state index in [9.17, 15) is 0 Å². The van der Waals surface area contributed by atoms with Gasteiger partial charge in [0, 0.05) is 17.2 Å². The largest absolute Gasteiger partial charge is 0.396 e. The quantitative estimate of drug-likeness (QED) is 0.596. The molecule has 0 radical (unpaired) electrons. The van der Waals surface area contributed by atoms with Crippen LogP contribution in [0.15, 0.2) is 16.7 Å². The summed E-state index contributed by atoms with van der Waals surface area (Å²) in [6, 6.07) is 1.88. The molecule has 0 atom stereocenters. The number of nitrogens with zero attached hydrogens (tertiary/aromatic N) is 1. The highest BCUT2D eigenvalue weighted by Crippen LogP contribution is 2.19. The molecule has 0 aromatic carbocycles. The van der Waals surface area contributed by atoms with E-state index >= 15 is 0 Å². The smallest absolute Gasteiger partial charge is 0.149 e. The molecule has 3 nitrogen and oxygen atoms in total. The average Bonchev–Trinajstić information content (AvgIpc) is 2.39. The van der Waals surface area contributed by atoms with E-state index in [0.29, 0.717) is 5.69 Å². The summed E-state index contributed by atoms with van der Waals surface area (Å²) in [7, 11) is 0. The number of halogens is 1. The maximum atomic E-state index is 5.88. The number of nitrogens with one attached hydrogen (secondary N) is 1. The number of hydrogen-bond donors (Lipinski definition) is 2. The lowest BCUT2D eigenvalue weighted by molar-refractivity contribution is 0.581. The summed E-state index contributed by atoms with van der Waals surface area (Å²) in [6.07, 6.45) is 12.5. The molecule has 0 amide bonds. The summed E-state index contributed by atoms with van der Waals surface area (Å²) in [6.45, 7) is 3.21. The van der Waals surface area contributed by atoms with E-state index in [1.807, 2.05) is 6.07 Å². The summed E-state index contributed by atoms with van der Waals surface area (Å²) >= 11 is 3.35. The van der Waals surface area contributed by atoms with E-state index in [0.717, 1.165) is 16.8 Å². The number of nitrogens with two attached hydrogens (primary N) is 1. The molecule has 1 heterocycles. The standard InChI is InChI=1S/C15H26BrN3/c1-2-3-4-5-6-7-8-9-10-18-15-14(17)11-13(16)12-19-15/h11-12H,2-10,17H2,1H3,(H,18,19). The third-order valence-corrected chi connectivity index (χ3v) is 3.64. The second kappa shape index (κ2) is 10.1. The van der Waals surface area contributed by atoms with Gasteiger partial charge in [-0.05, 0) is 28.4 Å². The number of rotatable bonds is 10. The second-order valence-corrected chi connectivity index (χ2v) is 5.91. The van der Waals surface area contributed by atoms with Crippen molar-refractivity contribution in [3.05, 3.63) is 16.7 Å². The molecular weight excluding hydrogens is 302 g/mol. The van der Waals surface area contributed by atoms with Gasteiger partial charge in [0.05, 0.1) is 5.69 Å². The Balaban J connectivity index is 2.01. The molecule has 1 aromatic heterocycles. The van der Waals surface area contributed by atoms with Crippen LogP contribution >= 0.6 is 15.9 Å². The van der Waals surface area contributed by atoms with Gasteiger partial charge in [-0.3, -0.25) is 0 Å². The molecule has 108 valence electrons. The fraction of sp³-hybridized carbons (Fsp3) is 0.667. The lowest BCUT2D eigenvalue weighted by atomic mass is 10.1. The molecule has 0 spiro atoms. The molecule has 0 aliphatic heterocycles. The number of hydrogen-bond acceptors (Lipinski definition) is 3. The molecule has 0 fully saturated rings. The fourth-order valence-corrected chi connectivity index (χ4v) is 2.42. The third-order valence-electron chi connectivity index (χ3n) is 3.21. The van der Waals surface area contributed by atoms with Crippen molar-refractivity contribution in [2.75, 3.05) is 17.6 Å². The van der Waals surface area contributed by atoms with Gasteiger partial charge in [-0.15, -0.1) is 0 Å². The molecule has 1 aromatic rings. The van der Waals surface area contributed by atoms with E-state index in [4.69, 9.17) is 5.73 Å². The number of unbranched alkanes of at least 4 members (excludes halogenated alkanes) is 7. The Bertz CT molecular complexity index is 355. The topological polar surface area (TPSA) is 50.9 Å². The van der Waals surface area contributed by atoms with Crippen LogP contribution in [0.4, 0.5) is 11.5 Å². The van der Waals surface area contributed by atoms with Crippen LogP contribution < -0.4 is 11.1 Å². The number of nitrogen functional groups attached to an aromatic ring is 1. The van der Waals surface area contributed by atoms with Crippen molar-refractivity contribution in [3.63, 3.8) is 0 Å². The van der Waals surface area contributed by atoms with Crippen molar-refractivity contribution in [2.45, 2.75) is 58.3 Å². The Hall–Kier alpha value is -0.770. The molecule has 0 aliphatic rings.